The van der Waals surface area contributed by atoms with Crippen LogP contribution in [0.25, 0.3) is 22.2 Å². The van der Waals surface area contributed by atoms with E-state index in [4.69, 9.17) is 10.5 Å². The molecule has 0 aliphatic carbocycles. The van der Waals surface area contributed by atoms with Crippen LogP contribution < -0.4 is 21.1 Å². The second-order valence-electron chi connectivity index (χ2n) is 11.6. The lowest BCUT2D eigenvalue weighted by Crippen LogP contribution is -2.51. The van der Waals surface area contributed by atoms with Crippen LogP contribution >= 0.6 is 0 Å². The average molecular weight is 662 g/mol. The van der Waals surface area contributed by atoms with Crippen molar-refractivity contribution >= 4 is 34.2 Å². The Kier molecular flexibility index (Phi) is 7.95. The van der Waals surface area contributed by atoms with Gasteiger partial charge in [-0.25, -0.2) is 19.3 Å². The fourth-order valence-electron chi connectivity index (χ4n) is 5.34. The van der Waals surface area contributed by atoms with E-state index < -0.39 is 47.1 Å². The average Bonchev–Trinajstić information content (AvgIpc) is 3.40. The third-order valence-electron chi connectivity index (χ3n) is 8.16. The molecule has 3 aromatic heterocycles. The predicted octanol–water partition coefficient (Wildman–Crippen LogP) is 4.59. The number of nitrogens with zero attached hydrogens (tertiary/aromatic N) is 4. The molecule has 5 N–H and O–H groups in total. The van der Waals surface area contributed by atoms with Crippen LogP contribution in [0.1, 0.15) is 34.1 Å². The summed E-state index contributed by atoms with van der Waals surface area (Å²) in [4.78, 5) is 42.5. The molecule has 15 heteroatoms. The third-order valence-corrected chi connectivity index (χ3v) is 8.16. The van der Waals surface area contributed by atoms with Crippen LogP contribution in [0.2, 0.25) is 0 Å². The van der Waals surface area contributed by atoms with E-state index in [0.717, 1.165) is 23.8 Å². The standard InChI is InChI=1S/C33H27F4N7O4/c1-17-9-19-10-20(11-23(26(19)40-13-17)43-25-7-8-39-16-42-25)29(45)41-14-32(47,33(35,36)37)24-12-22-28(48-15-31(22,2)30(38)46)27(44-24)18-3-5-21(34)6-4-18/h3-13,16,47H,14-15H2,1-2H3,(H2,38,46)(H,41,45)(H,39,42,43)/t31-,32-/m0/s1. The molecular weight excluding hydrogens is 634 g/mol. The minimum atomic E-state index is -5.38. The maximum Gasteiger partial charge on any atom is 0.424 e. The van der Waals surface area contributed by atoms with Gasteiger partial charge in [0.15, 0.2) is 0 Å². The first-order valence-corrected chi connectivity index (χ1v) is 14.4. The lowest BCUT2D eigenvalue weighted by atomic mass is 9.81. The quantitative estimate of drug-likeness (QED) is 0.174. The number of nitrogens with two attached hydrogens (primary N) is 1. The molecule has 0 unspecified atom stereocenters. The Morgan fingerprint density at radius 3 is 2.50 bits per heavy atom. The molecule has 0 radical (unpaired) electrons. The van der Waals surface area contributed by atoms with Crippen LogP contribution in [-0.4, -0.2) is 56.2 Å². The van der Waals surface area contributed by atoms with Gasteiger partial charge >= 0.3 is 6.18 Å². The van der Waals surface area contributed by atoms with Gasteiger partial charge in [-0.3, -0.25) is 14.6 Å². The molecule has 2 amide bonds. The fourth-order valence-corrected chi connectivity index (χ4v) is 5.34. The van der Waals surface area contributed by atoms with Gasteiger partial charge < -0.3 is 26.2 Å². The topological polar surface area (TPSA) is 165 Å². The normalized spacial score (nSPS) is 16.9. The number of carbonyl (C=O) groups is 2. The highest BCUT2D eigenvalue weighted by Gasteiger charge is 2.57. The number of nitrogens with one attached hydrogen (secondary N) is 2. The van der Waals surface area contributed by atoms with Crippen molar-refractivity contribution in [2.75, 3.05) is 18.5 Å². The number of anilines is 2. The first-order chi connectivity index (χ1) is 22.7. The maximum atomic E-state index is 14.8. The van der Waals surface area contributed by atoms with E-state index in [1.807, 2.05) is 0 Å². The Balaban J connectivity index is 1.41. The number of rotatable bonds is 8. The number of aryl methyl sites for hydroxylation is 1. The van der Waals surface area contributed by atoms with Gasteiger partial charge in [-0.2, -0.15) is 13.2 Å². The van der Waals surface area contributed by atoms with E-state index in [-0.39, 0.29) is 34.7 Å². The van der Waals surface area contributed by atoms with Crippen LogP contribution in [0.4, 0.5) is 29.1 Å². The number of ether oxygens (including phenoxy) is 1. The molecule has 1 aliphatic heterocycles. The number of alkyl halides is 3. The Bertz CT molecular complexity index is 2060. The molecule has 246 valence electrons. The summed E-state index contributed by atoms with van der Waals surface area (Å²) < 4.78 is 64.0. The molecule has 0 saturated carbocycles. The number of aromatic nitrogens is 4. The second-order valence-corrected chi connectivity index (χ2v) is 11.6. The Hall–Kier alpha value is -5.70. The summed E-state index contributed by atoms with van der Waals surface area (Å²) in [5, 5.41) is 17.1. The molecule has 6 rings (SSSR count). The molecule has 11 nitrogen and oxygen atoms in total. The van der Waals surface area contributed by atoms with E-state index in [1.54, 1.807) is 25.3 Å². The van der Waals surface area contributed by atoms with Gasteiger partial charge in [-0.15, -0.1) is 0 Å². The van der Waals surface area contributed by atoms with Crippen molar-refractivity contribution in [3.05, 3.63) is 102 Å². The number of halogens is 4. The number of hydrogen-bond donors (Lipinski definition) is 4. The van der Waals surface area contributed by atoms with E-state index >= 15 is 0 Å². The highest BCUT2D eigenvalue weighted by atomic mass is 19.4. The van der Waals surface area contributed by atoms with Crippen molar-refractivity contribution in [2.45, 2.75) is 31.0 Å². The van der Waals surface area contributed by atoms with Crippen molar-refractivity contribution in [2.24, 2.45) is 5.73 Å². The van der Waals surface area contributed by atoms with Crippen molar-refractivity contribution in [3.8, 4) is 17.0 Å². The number of carbonyl (C=O) groups excluding carboxylic acids is 2. The highest BCUT2D eigenvalue weighted by molar-refractivity contribution is 6.03. The van der Waals surface area contributed by atoms with Gasteiger partial charge in [-0.1, -0.05) is 0 Å². The van der Waals surface area contributed by atoms with Crippen LogP contribution in [0.3, 0.4) is 0 Å². The van der Waals surface area contributed by atoms with Gasteiger partial charge in [0.25, 0.3) is 5.91 Å². The molecule has 0 saturated heterocycles. The van der Waals surface area contributed by atoms with E-state index in [2.05, 4.69) is 30.6 Å². The molecule has 2 aromatic carbocycles. The first kappa shape index (κ1) is 32.2. The van der Waals surface area contributed by atoms with Gasteiger partial charge in [-0.05, 0) is 74.0 Å². The number of amides is 2. The minimum Gasteiger partial charge on any atom is -0.489 e. The predicted molar refractivity (Wildman–Crippen MR) is 166 cm³/mol. The van der Waals surface area contributed by atoms with E-state index in [1.165, 1.54) is 43.7 Å². The monoisotopic (exact) mass is 661 g/mol. The number of benzene rings is 2. The Morgan fingerprint density at radius 1 is 1.08 bits per heavy atom. The van der Waals surface area contributed by atoms with Gasteiger partial charge in [0.2, 0.25) is 11.5 Å². The summed E-state index contributed by atoms with van der Waals surface area (Å²) in [6.07, 6.45) is -0.956. The first-order valence-electron chi connectivity index (χ1n) is 14.4. The molecule has 4 heterocycles. The van der Waals surface area contributed by atoms with Crippen LogP contribution in [0.5, 0.6) is 5.75 Å². The Labute approximate surface area is 270 Å². The number of fused-ring (bicyclic) bond motifs is 2. The SMILES string of the molecule is Cc1cnc2c(Nc3ccncn3)cc(C(=O)NC[C@](O)(c3cc4c(c(-c5ccc(F)cc5)n3)OC[C@]4(C)C(N)=O)C(F)(F)F)cc2c1. The number of pyridine rings is 2. The summed E-state index contributed by atoms with van der Waals surface area (Å²) in [7, 11) is 0. The zero-order valence-corrected chi connectivity index (χ0v) is 25.4. The van der Waals surface area contributed by atoms with Crippen LogP contribution in [-0.2, 0) is 15.8 Å². The largest absolute Gasteiger partial charge is 0.489 e. The fraction of sp³-hybridized carbons (Fsp3) is 0.212. The highest BCUT2D eigenvalue weighted by Crippen LogP contribution is 2.47. The van der Waals surface area contributed by atoms with Crippen LogP contribution in [0, 0.1) is 12.7 Å². The Morgan fingerprint density at radius 2 is 1.83 bits per heavy atom. The zero-order valence-electron chi connectivity index (χ0n) is 25.4. The third kappa shape index (κ3) is 5.72. The molecule has 5 aromatic rings. The summed E-state index contributed by atoms with van der Waals surface area (Å²) in [5.74, 6) is -2.11. The molecule has 48 heavy (non-hydrogen) atoms. The summed E-state index contributed by atoms with van der Waals surface area (Å²) in [6, 6.07) is 11.8. The number of aliphatic hydroxyl groups is 1. The number of primary amides is 1. The lowest BCUT2D eigenvalue weighted by Gasteiger charge is -2.31. The van der Waals surface area contributed by atoms with E-state index in [9.17, 15) is 32.3 Å². The molecule has 1 aliphatic rings. The molecule has 2 atom stereocenters. The van der Waals surface area contributed by atoms with Crippen molar-refractivity contribution < 1.29 is 37.0 Å². The molecule has 0 spiro atoms. The molecule has 0 bridgehead atoms. The maximum absolute atomic E-state index is 14.8. The molecular formula is C33H27F4N7O4. The summed E-state index contributed by atoms with van der Waals surface area (Å²) in [6.45, 7) is 1.51. The van der Waals surface area contributed by atoms with Gasteiger partial charge in [0.05, 0.1) is 23.4 Å². The summed E-state index contributed by atoms with van der Waals surface area (Å²) in [5.41, 5.74) is 0.815. The molecule has 0 fully saturated rings. The number of hydrogen-bond acceptors (Lipinski definition) is 9. The summed E-state index contributed by atoms with van der Waals surface area (Å²) >= 11 is 0. The van der Waals surface area contributed by atoms with Crippen molar-refractivity contribution in [3.63, 3.8) is 0 Å². The van der Waals surface area contributed by atoms with Crippen molar-refractivity contribution in [1.29, 1.82) is 0 Å². The minimum absolute atomic E-state index is 0.0380. The smallest absolute Gasteiger partial charge is 0.424 e. The zero-order chi connectivity index (χ0) is 34.4. The van der Waals surface area contributed by atoms with Gasteiger partial charge in [0.1, 0.15) is 41.4 Å². The lowest BCUT2D eigenvalue weighted by molar-refractivity contribution is -0.265. The van der Waals surface area contributed by atoms with Gasteiger partial charge in [0, 0.05) is 34.5 Å². The van der Waals surface area contributed by atoms with Crippen molar-refractivity contribution in [1.82, 2.24) is 25.3 Å². The van der Waals surface area contributed by atoms with E-state index in [0.29, 0.717) is 22.4 Å². The van der Waals surface area contributed by atoms with Crippen LogP contribution in [0.15, 0.2) is 73.3 Å². The second kappa shape index (κ2) is 11.8.